The number of carbonyl (C=O) groups is 1. The van der Waals surface area contributed by atoms with E-state index in [0.29, 0.717) is 31.1 Å². The van der Waals surface area contributed by atoms with Crippen LogP contribution in [0.5, 0.6) is 11.5 Å². The zero-order valence-electron chi connectivity index (χ0n) is 16.7. The summed E-state index contributed by atoms with van der Waals surface area (Å²) in [5.41, 5.74) is 3.38. The summed E-state index contributed by atoms with van der Waals surface area (Å²) in [5, 5.41) is 0.214. The van der Waals surface area contributed by atoms with Gasteiger partial charge in [0.25, 0.3) is 0 Å². The molecule has 0 spiro atoms. The highest BCUT2D eigenvalue weighted by molar-refractivity contribution is 6.32. The Kier molecular flexibility index (Phi) is 4.96. The number of halogens is 2. The first-order valence-electron chi connectivity index (χ1n) is 9.80. The van der Waals surface area contributed by atoms with Crippen LogP contribution in [0.15, 0.2) is 54.6 Å². The second-order valence-corrected chi connectivity index (χ2v) is 7.96. The van der Waals surface area contributed by atoms with Crippen molar-refractivity contribution in [3.63, 3.8) is 0 Å². The summed E-state index contributed by atoms with van der Waals surface area (Å²) in [6.07, 6.45) is 4.88. The van der Waals surface area contributed by atoms with Crippen molar-refractivity contribution in [3.05, 3.63) is 93.2 Å². The average molecular weight is 437 g/mol. The lowest BCUT2D eigenvalue weighted by Crippen LogP contribution is -2.32. The van der Waals surface area contributed by atoms with E-state index >= 15 is 0 Å². The lowest BCUT2D eigenvalue weighted by molar-refractivity contribution is 0.0876. The van der Waals surface area contributed by atoms with E-state index < -0.39 is 5.82 Å². The molecule has 1 aromatic heterocycles. The summed E-state index contributed by atoms with van der Waals surface area (Å²) in [6.45, 7) is 3.63. The first-order valence-corrected chi connectivity index (χ1v) is 10.2. The number of rotatable bonds is 3. The standard InChI is InChI=1S/C24H18ClFN2O3/c1-14-23-16(12-28(13-30-23)11-15-5-7-27-8-6-15)9-18-22(29)21(31-24(14)18)10-17-19(25)3-2-4-20(17)26/h2-10H,11-13H2,1H3/b21-10-. The van der Waals surface area contributed by atoms with Crippen molar-refractivity contribution in [1.82, 2.24) is 9.88 Å². The van der Waals surface area contributed by atoms with Crippen LogP contribution in [-0.4, -0.2) is 22.4 Å². The summed E-state index contributed by atoms with van der Waals surface area (Å²) in [7, 11) is 0. The van der Waals surface area contributed by atoms with E-state index in [4.69, 9.17) is 21.1 Å². The Hall–Kier alpha value is -3.22. The number of hydrogen-bond acceptors (Lipinski definition) is 5. The molecule has 0 unspecified atom stereocenters. The summed E-state index contributed by atoms with van der Waals surface area (Å²) in [4.78, 5) is 19.2. The Morgan fingerprint density at radius 2 is 2.03 bits per heavy atom. The van der Waals surface area contributed by atoms with Gasteiger partial charge in [-0.05, 0) is 48.9 Å². The maximum absolute atomic E-state index is 14.2. The van der Waals surface area contributed by atoms with Crippen LogP contribution in [0.1, 0.15) is 32.6 Å². The number of benzene rings is 2. The topological polar surface area (TPSA) is 51.7 Å². The van der Waals surface area contributed by atoms with Crippen LogP contribution in [0, 0.1) is 12.7 Å². The molecule has 2 aliphatic heterocycles. The largest absolute Gasteiger partial charge is 0.477 e. The fraction of sp³-hybridized carbons (Fsp3) is 0.167. The molecule has 2 aliphatic rings. The predicted molar refractivity (Wildman–Crippen MR) is 115 cm³/mol. The molecule has 5 nitrogen and oxygen atoms in total. The molecule has 3 aromatic rings. The average Bonchev–Trinajstić information content (AvgIpc) is 3.07. The van der Waals surface area contributed by atoms with Crippen molar-refractivity contribution < 1.29 is 18.7 Å². The third kappa shape index (κ3) is 3.58. The number of hydrogen-bond donors (Lipinski definition) is 0. The molecule has 3 heterocycles. The Labute approximate surface area is 183 Å². The second-order valence-electron chi connectivity index (χ2n) is 7.56. The first kappa shape index (κ1) is 19.7. The Balaban J connectivity index is 1.46. The van der Waals surface area contributed by atoms with Crippen LogP contribution in [0.3, 0.4) is 0 Å². The quantitative estimate of drug-likeness (QED) is 0.531. The molecule has 0 aliphatic carbocycles. The van der Waals surface area contributed by atoms with Gasteiger partial charge in [-0.25, -0.2) is 4.39 Å². The van der Waals surface area contributed by atoms with Gasteiger partial charge in [-0.2, -0.15) is 0 Å². The van der Waals surface area contributed by atoms with Crippen molar-refractivity contribution in [2.75, 3.05) is 6.73 Å². The normalized spacial score (nSPS) is 16.6. The van der Waals surface area contributed by atoms with Crippen LogP contribution in [0.25, 0.3) is 6.08 Å². The van der Waals surface area contributed by atoms with Crippen LogP contribution in [-0.2, 0) is 13.1 Å². The monoisotopic (exact) mass is 436 g/mol. The highest BCUT2D eigenvalue weighted by Gasteiger charge is 2.34. The van der Waals surface area contributed by atoms with Crippen molar-refractivity contribution in [2.45, 2.75) is 20.0 Å². The molecule has 0 N–H and O–H groups in total. The van der Waals surface area contributed by atoms with Crippen LogP contribution in [0.2, 0.25) is 5.02 Å². The molecule has 0 saturated carbocycles. The van der Waals surface area contributed by atoms with E-state index in [1.807, 2.05) is 25.1 Å². The van der Waals surface area contributed by atoms with Crippen LogP contribution >= 0.6 is 11.6 Å². The molecule has 0 saturated heterocycles. The molecule has 2 aromatic carbocycles. The Bertz CT molecular complexity index is 1210. The number of allylic oxidation sites excluding steroid dienone is 1. The third-order valence-corrected chi connectivity index (χ3v) is 5.76. The molecule has 0 fully saturated rings. The van der Waals surface area contributed by atoms with E-state index in [1.54, 1.807) is 18.5 Å². The number of ketones is 1. The summed E-state index contributed by atoms with van der Waals surface area (Å²) in [6, 6.07) is 10.1. The maximum atomic E-state index is 14.2. The molecule has 0 bridgehead atoms. The highest BCUT2D eigenvalue weighted by atomic mass is 35.5. The van der Waals surface area contributed by atoms with Crippen LogP contribution in [0.4, 0.5) is 4.39 Å². The lowest BCUT2D eigenvalue weighted by Gasteiger charge is -2.30. The summed E-state index contributed by atoms with van der Waals surface area (Å²) < 4.78 is 26.0. The van der Waals surface area contributed by atoms with Gasteiger partial charge in [0.1, 0.15) is 24.0 Å². The molecule has 0 radical (unpaired) electrons. The molecular weight excluding hydrogens is 419 g/mol. The molecule has 0 amide bonds. The number of nitrogens with zero attached hydrogens (tertiary/aromatic N) is 2. The Morgan fingerprint density at radius 1 is 1.23 bits per heavy atom. The number of fused-ring (bicyclic) bond motifs is 2. The SMILES string of the molecule is Cc1c2c(cc3c1O/C(=C\c1c(F)cccc1Cl)C3=O)CN(Cc1ccncc1)CO2. The van der Waals surface area contributed by atoms with E-state index in [9.17, 15) is 9.18 Å². The van der Waals surface area contributed by atoms with Gasteiger partial charge < -0.3 is 9.47 Å². The van der Waals surface area contributed by atoms with E-state index in [-0.39, 0.29) is 22.1 Å². The number of pyridine rings is 1. The number of carbonyl (C=O) groups excluding carboxylic acids is 1. The number of aromatic nitrogens is 1. The third-order valence-electron chi connectivity index (χ3n) is 5.43. The molecule has 0 atom stereocenters. The Morgan fingerprint density at radius 3 is 2.81 bits per heavy atom. The summed E-state index contributed by atoms with van der Waals surface area (Å²) >= 11 is 6.10. The molecule has 156 valence electrons. The van der Waals surface area contributed by atoms with E-state index in [1.165, 1.54) is 18.2 Å². The molecule has 7 heteroatoms. The van der Waals surface area contributed by atoms with E-state index in [0.717, 1.165) is 22.4 Å². The van der Waals surface area contributed by atoms with Gasteiger partial charge in [0, 0.05) is 42.2 Å². The molecule has 5 rings (SSSR count). The maximum Gasteiger partial charge on any atom is 0.231 e. The van der Waals surface area contributed by atoms with Gasteiger partial charge in [0.05, 0.1) is 10.6 Å². The summed E-state index contributed by atoms with van der Waals surface area (Å²) in [5.74, 6) is 0.402. The fourth-order valence-electron chi connectivity index (χ4n) is 3.92. The first-order chi connectivity index (χ1) is 15.0. The zero-order valence-corrected chi connectivity index (χ0v) is 17.4. The van der Waals surface area contributed by atoms with Crippen molar-refractivity contribution >= 4 is 23.5 Å². The number of Topliss-reactive ketones (excluding diaryl/α,β-unsaturated/α-hetero) is 1. The van der Waals surface area contributed by atoms with Crippen molar-refractivity contribution in [2.24, 2.45) is 0 Å². The highest BCUT2D eigenvalue weighted by Crippen LogP contribution is 2.43. The molecule has 31 heavy (non-hydrogen) atoms. The predicted octanol–water partition coefficient (Wildman–Crippen LogP) is 5.15. The van der Waals surface area contributed by atoms with Gasteiger partial charge in [0.15, 0.2) is 5.76 Å². The second kappa shape index (κ2) is 7.80. The minimum atomic E-state index is -0.515. The van der Waals surface area contributed by atoms with Gasteiger partial charge in [-0.1, -0.05) is 17.7 Å². The van der Waals surface area contributed by atoms with Gasteiger partial charge >= 0.3 is 0 Å². The zero-order chi connectivity index (χ0) is 21.5. The number of ether oxygens (including phenoxy) is 2. The van der Waals surface area contributed by atoms with Gasteiger partial charge in [-0.3, -0.25) is 14.7 Å². The van der Waals surface area contributed by atoms with Crippen LogP contribution < -0.4 is 9.47 Å². The molecular formula is C24H18ClFN2O3. The lowest BCUT2D eigenvalue weighted by atomic mass is 10.00. The van der Waals surface area contributed by atoms with E-state index in [2.05, 4.69) is 9.88 Å². The minimum absolute atomic E-state index is 0.0427. The van der Waals surface area contributed by atoms with Gasteiger partial charge in [-0.15, -0.1) is 0 Å². The minimum Gasteiger partial charge on any atom is -0.477 e. The van der Waals surface area contributed by atoms with Gasteiger partial charge in [0.2, 0.25) is 5.78 Å². The fourth-order valence-corrected chi connectivity index (χ4v) is 4.14. The van der Waals surface area contributed by atoms with Crippen molar-refractivity contribution in [3.8, 4) is 11.5 Å². The smallest absolute Gasteiger partial charge is 0.231 e. The van der Waals surface area contributed by atoms with Crippen molar-refractivity contribution in [1.29, 1.82) is 0 Å².